The van der Waals surface area contributed by atoms with Crippen LogP contribution in [0.1, 0.15) is 23.2 Å². The molecule has 2 aliphatic rings. The Hall–Kier alpha value is -2.26. The highest BCUT2D eigenvalue weighted by molar-refractivity contribution is 8.03. The van der Waals surface area contributed by atoms with E-state index >= 15 is 0 Å². The molecular formula is C22H21N2S+. The lowest BCUT2D eigenvalue weighted by molar-refractivity contribution is -0.652. The quantitative estimate of drug-likeness (QED) is 0.591. The summed E-state index contributed by atoms with van der Waals surface area (Å²) in [5.74, 6) is 0. The van der Waals surface area contributed by atoms with Crippen LogP contribution in [0.4, 0.5) is 5.69 Å². The van der Waals surface area contributed by atoms with Gasteiger partial charge in [-0.05, 0) is 37.1 Å². The zero-order chi connectivity index (χ0) is 17.0. The Morgan fingerprint density at radius 3 is 2.72 bits per heavy atom. The Labute approximate surface area is 152 Å². The molecular weight excluding hydrogens is 324 g/mol. The van der Waals surface area contributed by atoms with E-state index in [1.54, 1.807) is 5.56 Å². The van der Waals surface area contributed by atoms with Crippen LogP contribution in [0.25, 0.3) is 17.0 Å². The summed E-state index contributed by atoms with van der Waals surface area (Å²) in [6.45, 7) is 0. The minimum absolute atomic E-state index is 1.19. The van der Waals surface area contributed by atoms with Crippen molar-refractivity contribution in [1.29, 1.82) is 0 Å². The SMILES string of the molecule is CN1/C(=C/c2c3c([n+](C)c4ccccc24)CCC3)Sc2ccccc21. The van der Waals surface area contributed by atoms with Crippen LogP contribution in [0.3, 0.4) is 0 Å². The van der Waals surface area contributed by atoms with Crippen molar-refractivity contribution >= 4 is 34.4 Å². The number of para-hydroxylation sites is 2. The molecule has 0 bridgehead atoms. The summed E-state index contributed by atoms with van der Waals surface area (Å²) < 4.78 is 2.40. The van der Waals surface area contributed by atoms with E-state index in [-0.39, 0.29) is 0 Å². The third-order valence-corrected chi connectivity index (χ3v) is 6.68. The third-order valence-electron chi connectivity index (χ3n) is 5.51. The smallest absolute Gasteiger partial charge is 0.213 e. The van der Waals surface area contributed by atoms with Gasteiger partial charge in [0.05, 0.1) is 16.1 Å². The summed E-state index contributed by atoms with van der Waals surface area (Å²) in [4.78, 5) is 3.67. The predicted octanol–water partition coefficient (Wildman–Crippen LogP) is 4.69. The molecule has 0 fully saturated rings. The number of pyridine rings is 1. The molecule has 1 aliphatic heterocycles. The fourth-order valence-corrected chi connectivity index (χ4v) is 5.32. The second-order valence-electron chi connectivity index (χ2n) is 6.88. The average molecular weight is 345 g/mol. The van der Waals surface area contributed by atoms with E-state index in [0.717, 1.165) is 0 Å². The molecule has 0 unspecified atom stereocenters. The molecule has 0 atom stereocenters. The molecule has 0 saturated carbocycles. The number of benzene rings is 2. The normalized spacial score (nSPS) is 17.4. The van der Waals surface area contributed by atoms with E-state index in [1.807, 2.05) is 11.8 Å². The van der Waals surface area contributed by atoms with Crippen molar-refractivity contribution in [2.24, 2.45) is 7.05 Å². The van der Waals surface area contributed by atoms with Gasteiger partial charge in [-0.15, -0.1) is 0 Å². The standard InChI is InChI=1S/C22H21N2S/c1-23-18-10-4-3-8-15(18)17(16-9-7-12-19(16)23)14-22-24(2)20-11-5-6-13-21(20)25-22/h3-6,8,10-11,13-14H,7,9,12H2,1-2H3/q+1. The van der Waals surface area contributed by atoms with E-state index in [1.165, 1.54) is 57.0 Å². The molecule has 5 rings (SSSR count). The number of rotatable bonds is 1. The van der Waals surface area contributed by atoms with Gasteiger partial charge in [-0.3, -0.25) is 0 Å². The molecule has 3 aromatic rings. The Kier molecular flexibility index (Phi) is 3.39. The summed E-state index contributed by atoms with van der Waals surface area (Å²) in [5.41, 5.74) is 7.11. The van der Waals surface area contributed by atoms with Crippen LogP contribution in [0.2, 0.25) is 0 Å². The molecule has 0 N–H and O–H groups in total. The van der Waals surface area contributed by atoms with Crippen molar-refractivity contribution in [2.45, 2.75) is 24.2 Å². The minimum Gasteiger partial charge on any atom is -0.338 e. The van der Waals surface area contributed by atoms with Gasteiger partial charge in [0, 0.05) is 35.6 Å². The first-order chi connectivity index (χ1) is 12.2. The fourth-order valence-electron chi connectivity index (χ4n) is 4.22. The van der Waals surface area contributed by atoms with Crippen molar-refractivity contribution in [1.82, 2.24) is 0 Å². The molecule has 2 heterocycles. The summed E-state index contributed by atoms with van der Waals surface area (Å²) in [7, 11) is 4.39. The Balaban J connectivity index is 1.74. The van der Waals surface area contributed by atoms with Crippen molar-refractivity contribution in [2.75, 3.05) is 11.9 Å². The number of anilines is 1. The molecule has 3 heteroatoms. The van der Waals surface area contributed by atoms with Crippen molar-refractivity contribution in [3.8, 4) is 0 Å². The highest BCUT2D eigenvalue weighted by Gasteiger charge is 2.28. The fraction of sp³-hybridized carbons (Fsp3) is 0.227. The molecule has 1 aromatic heterocycles. The number of aryl methyl sites for hydroxylation is 1. The van der Waals surface area contributed by atoms with Gasteiger partial charge in [-0.2, -0.15) is 4.57 Å². The first-order valence-electron chi connectivity index (χ1n) is 8.89. The summed E-state index contributed by atoms with van der Waals surface area (Å²) >= 11 is 1.88. The van der Waals surface area contributed by atoms with Crippen molar-refractivity contribution < 1.29 is 4.57 Å². The van der Waals surface area contributed by atoms with Gasteiger partial charge in [-0.25, -0.2) is 0 Å². The number of fused-ring (bicyclic) bond motifs is 3. The van der Waals surface area contributed by atoms with Gasteiger partial charge in [0.2, 0.25) is 5.52 Å². The Bertz CT molecular complexity index is 1040. The molecule has 0 amide bonds. The minimum atomic E-state index is 1.19. The van der Waals surface area contributed by atoms with E-state index in [4.69, 9.17) is 0 Å². The summed E-state index contributed by atoms with van der Waals surface area (Å²) in [6, 6.07) is 17.5. The molecule has 0 spiro atoms. The maximum atomic E-state index is 2.41. The van der Waals surface area contributed by atoms with Crippen LogP contribution >= 0.6 is 11.8 Å². The highest BCUT2D eigenvalue weighted by Crippen LogP contribution is 2.46. The average Bonchev–Trinajstić information content (AvgIpc) is 3.25. The second kappa shape index (κ2) is 5.63. The monoisotopic (exact) mass is 345 g/mol. The molecule has 1 aliphatic carbocycles. The van der Waals surface area contributed by atoms with Gasteiger partial charge in [0.15, 0.2) is 5.69 Å². The highest BCUT2D eigenvalue weighted by atomic mass is 32.2. The zero-order valence-corrected chi connectivity index (χ0v) is 15.4. The predicted molar refractivity (Wildman–Crippen MR) is 106 cm³/mol. The Morgan fingerprint density at radius 1 is 1.04 bits per heavy atom. The largest absolute Gasteiger partial charge is 0.338 e. The summed E-state index contributed by atoms with van der Waals surface area (Å²) in [5, 5.41) is 2.68. The molecule has 25 heavy (non-hydrogen) atoms. The lowest BCUT2D eigenvalue weighted by atomic mass is 10.0. The molecule has 2 nitrogen and oxygen atoms in total. The number of hydrogen-bond donors (Lipinski definition) is 0. The van der Waals surface area contributed by atoms with E-state index in [0.29, 0.717) is 0 Å². The Morgan fingerprint density at radius 2 is 1.84 bits per heavy atom. The lowest BCUT2D eigenvalue weighted by Gasteiger charge is -2.15. The van der Waals surface area contributed by atoms with Gasteiger partial charge in [0.25, 0.3) is 0 Å². The lowest BCUT2D eigenvalue weighted by Crippen LogP contribution is -2.35. The van der Waals surface area contributed by atoms with Gasteiger partial charge in [0.1, 0.15) is 7.05 Å². The third kappa shape index (κ3) is 2.22. The van der Waals surface area contributed by atoms with Gasteiger partial charge in [-0.1, -0.05) is 36.0 Å². The number of nitrogens with zero attached hydrogens (tertiary/aromatic N) is 2. The van der Waals surface area contributed by atoms with Crippen LogP contribution in [0, 0.1) is 0 Å². The summed E-state index contributed by atoms with van der Waals surface area (Å²) in [6.07, 6.45) is 6.06. The van der Waals surface area contributed by atoms with Crippen LogP contribution in [-0.4, -0.2) is 7.05 Å². The van der Waals surface area contributed by atoms with Crippen LogP contribution in [0.15, 0.2) is 58.5 Å². The van der Waals surface area contributed by atoms with E-state index in [9.17, 15) is 0 Å². The van der Waals surface area contributed by atoms with Gasteiger partial charge < -0.3 is 4.90 Å². The van der Waals surface area contributed by atoms with Crippen LogP contribution in [0.5, 0.6) is 0 Å². The topological polar surface area (TPSA) is 7.12 Å². The first kappa shape index (κ1) is 15.0. The van der Waals surface area contributed by atoms with E-state index in [2.05, 4.69) is 78.2 Å². The zero-order valence-electron chi connectivity index (χ0n) is 14.6. The second-order valence-corrected chi connectivity index (χ2v) is 7.94. The molecule has 0 radical (unpaired) electrons. The number of thioether (sulfide) groups is 1. The van der Waals surface area contributed by atoms with Gasteiger partial charge >= 0.3 is 0 Å². The maximum absolute atomic E-state index is 2.41. The van der Waals surface area contributed by atoms with Crippen LogP contribution < -0.4 is 9.47 Å². The first-order valence-corrected chi connectivity index (χ1v) is 9.70. The van der Waals surface area contributed by atoms with Crippen molar-refractivity contribution in [3.05, 3.63) is 70.4 Å². The van der Waals surface area contributed by atoms with Crippen LogP contribution in [-0.2, 0) is 19.9 Å². The molecule has 0 saturated heterocycles. The molecule has 2 aromatic carbocycles. The van der Waals surface area contributed by atoms with E-state index < -0.39 is 0 Å². The van der Waals surface area contributed by atoms with Crippen molar-refractivity contribution in [3.63, 3.8) is 0 Å². The molecule has 124 valence electrons. The number of hydrogen-bond acceptors (Lipinski definition) is 2. The maximum Gasteiger partial charge on any atom is 0.213 e. The number of aromatic nitrogens is 1.